The van der Waals surface area contributed by atoms with E-state index in [0.717, 1.165) is 46.9 Å². The highest BCUT2D eigenvalue weighted by Gasteiger charge is 2.32. The van der Waals surface area contributed by atoms with Gasteiger partial charge in [0.2, 0.25) is 0 Å². The lowest BCUT2D eigenvalue weighted by Crippen LogP contribution is -2.46. The zero-order valence-corrected chi connectivity index (χ0v) is 22.7. The third kappa shape index (κ3) is 4.98. The number of nitrogens with one attached hydrogen (secondary N) is 1. The normalized spacial score (nSPS) is 19.8. The number of amides is 1. The number of carbonyl (C=O) groups excluding carboxylic acids is 1. The Morgan fingerprint density at radius 1 is 1.00 bits per heavy atom. The first kappa shape index (κ1) is 24.7. The van der Waals surface area contributed by atoms with Crippen LogP contribution in [0.25, 0.3) is 16.7 Å². The Bertz CT molecular complexity index is 1230. The van der Waals surface area contributed by atoms with Crippen molar-refractivity contribution >= 4 is 34.6 Å². The average molecular weight is 519 g/mol. The molecule has 0 spiro atoms. The van der Waals surface area contributed by atoms with Gasteiger partial charge < -0.3 is 9.80 Å². The zero-order valence-electron chi connectivity index (χ0n) is 21.9. The van der Waals surface area contributed by atoms with Crippen molar-refractivity contribution in [1.82, 2.24) is 24.4 Å². The third-order valence-corrected chi connectivity index (χ3v) is 9.01. The quantitative estimate of drug-likeness (QED) is 0.414. The van der Waals surface area contributed by atoms with Crippen molar-refractivity contribution in [3.05, 3.63) is 47.8 Å². The Balaban J connectivity index is 1.42. The van der Waals surface area contributed by atoms with Gasteiger partial charge in [0.15, 0.2) is 5.65 Å². The summed E-state index contributed by atoms with van der Waals surface area (Å²) in [6, 6.07) is 12.9. The van der Waals surface area contributed by atoms with Crippen molar-refractivity contribution in [3.8, 4) is 5.69 Å². The van der Waals surface area contributed by atoms with Gasteiger partial charge in [-0.25, -0.2) is 9.67 Å². The SMILES string of the molecule is CCSNC(=O)c1cc(N2CCC(N3CCCCC3)CC2)c2c(C3CCC3)nn(-c3ccccc3)c2n1. The Morgan fingerprint density at radius 3 is 2.43 bits per heavy atom. The molecule has 7 nitrogen and oxygen atoms in total. The molecule has 2 saturated heterocycles. The minimum absolute atomic E-state index is 0.135. The standard InChI is InChI=1S/C29H38N6OS/c1-2-37-32-29(36)24-20-25(34-18-14-22(15-19-34)33-16-7-4-8-17-33)26-27(21-10-9-11-21)31-35(28(26)30-24)23-12-5-3-6-13-23/h3,5-6,12-13,20-22H,2,4,7-11,14-19H2,1H3,(H,32,36). The number of para-hydroxylation sites is 1. The fraction of sp³-hybridized carbons (Fsp3) is 0.552. The van der Waals surface area contributed by atoms with Crippen LogP contribution in [0.2, 0.25) is 0 Å². The molecule has 1 saturated carbocycles. The van der Waals surface area contributed by atoms with Crippen molar-refractivity contribution in [2.45, 2.75) is 70.3 Å². The van der Waals surface area contributed by atoms with Gasteiger partial charge in [-0.05, 0) is 69.8 Å². The number of hydrogen-bond donors (Lipinski definition) is 1. The van der Waals surface area contributed by atoms with Crippen LogP contribution >= 0.6 is 11.9 Å². The lowest BCUT2D eigenvalue weighted by atomic mass is 9.82. The van der Waals surface area contributed by atoms with E-state index in [0.29, 0.717) is 17.7 Å². The van der Waals surface area contributed by atoms with Crippen molar-refractivity contribution < 1.29 is 4.79 Å². The zero-order chi connectivity index (χ0) is 25.2. The summed E-state index contributed by atoms with van der Waals surface area (Å²) in [6.45, 7) is 6.55. The van der Waals surface area contributed by atoms with Crippen LogP contribution in [0.3, 0.4) is 0 Å². The molecule has 1 N–H and O–H groups in total. The lowest BCUT2D eigenvalue weighted by molar-refractivity contribution is 0.0980. The molecule has 2 aliphatic heterocycles. The van der Waals surface area contributed by atoms with E-state index in [-0.39, 0.29) is 5.91 Å². The minimum Gasteiger partial charge on any atom is -0.371 e. The Morgan fingerprint density at radius 2 is 1.76 bits per heavy atom. The summed E-state index contributed by atoms with van der Waals surface area (Å²) in [5, 5.41) is 6.31. The highest BCUT2D eigenvalue weighted by atomic mass is 32.2. The van der Waals surface area contributed by atoms with E-state index in [9.17, 15) is 4.79 Å². The summed E-state index contributed by atoms with van der Waals surface area (Å²) >= 11 is 1.42. The van der Waals surface area contributed by atoms with Crippen molar-refractivity contribution in [2.24, 2.45) is 0 Å². The highest BCUT2D eigenvalue weighted by Crippen LogP contribution is 2.43. The molecule has 0 bridgehead atoms. The second-order valence-corrected chi connectivity index (χ2v) is 11.7. The number of anilines is 1. The number of rotatable bonds is 7. The predicted octanol–water partition coefficient (Wildman–Crippen LogP) is 5.54. The molecule has 0 radical (unpaired) electrons. The van der Waals surface area contributed by atoms with Crippen molar-refractivity contribution in [3.63, 3.8) is 0 Å². The molecule has 1 aromatic carbocycles. The van der Waals surface area contributed by atoms with Crippen LogP contribution in [-0.2, 0) is 0 Å². The van der Waals surface area contributed by atoms with Gasteiger partial charge in [-0.15, -0.1) is 0 Å². The van der Waals surface area contributed by atoms with Gasteiger partial charge in [-0.2, -0.15) is 5.10 Å². The van der Waals surface area contributed by atoms with Gasteiger partial charge in [0.05, 0.1) is 22.5 Å². The molecule has 0 unspecified atom stereocenters. The van der Waals surface area contributed by atoms with Crippen LogP contribution in [0.5, 0.6) is 0 Å². The summed E-state index contributed by atoms with van der Waals surface area (Å²) in [7, 11) is 0. The van der Waals surface area contributed by atoms with E-state index >= 15 is 0 Å². The van der Waals surface area contributed by atoms with E-state index in [2.05, 4.69) is 26.7 Å². The maximum absolute atomic E-state index is 13.1. The van der Waals surface area contributed by atoms with Crippen LogP contribution in [0.1, 0.15) is 80.4 Å². The largest absolute Gasteiger partial charge is 0.371 e. The molecule has 2 aromatic heterocycles. The van der Waals surface area contributed by atoms with Gasteiger partial charge in [0.1, 0.15) is 5.69 Å². The molecule has 196 valence electrons. The third-order valence-electron chi connectivity index (χ3n) is 8.39. The molecule has 4 heterocycles. The van der Waals surface area contributed by atoms with Crippen molar-refractivity contribution in [2.75, 3.05) is 36.8 Å². The van der Waals surface area contributed by atoms with E-state index in [4.69, 9.17) is 10.1 Å². The maximum Gasteiger partial charge on any atom is 0.279 e. The van der Waals surface area contributed by atoms with Gasteiger partial charge in [0.25, 0.3) is 5.91 Å². The maximum atomic E-state index is 13.1. The van der Waals surface area contributed by atoms with Crippen molar-refractivity contribution in [1.29, 1.82) is 0 Å². The summed E-state index contributed by atoms with van der Waals surface area (Å²) in [6.07, 6.45) is 9.99. The van der Waals surface area contributed by atoms with E-state index in [1.54, 1.807) is 0 Å². The lowest BCUT2D eigenvalue weighted by Gasteiger charge is -2.41. The monoisotopic (exact) mass is 518 g/mol. The fourth-order valence-corrected chi connectivity index (χ4v) is 6.53. The molecule has 3 fully saturated rings. The Labute approximate surface area is 224 Å². The van der Waals surface area contributed by atoms with Crippen LogP contribution < -0.4 is 9.62 Å². The number of likely N-dealkylation sites (tertiary alicyclic amines) is 1. The van der Waals surface area contributed by atoms with Crippen LogP contribution in [0, 0.1) is 0 Å². The minimum atomic E-state index is -0.135. The number of carbonyl (C=O) groups is 1. The van der Waals surface area contributed by atoms with Gasteiger partial charge in [0, 0.05) is 30.8 Å². The second kappa shape index (κ2) is 11.0. The number of fused-ring (bicyclic) bond motifs is 1. The molecule has 1 amide bonds. The molecular weight excluding hydrogens is 480 g/mol. The van der Waals surface area contributed by atoms with Gasteiger partial charge >= 0.3 is 0 Å². The number of piperidine rings is 2. The van der Waals surface area contributed by atoms with Crippen LogP contribution in [0.4, 0.5) is 5.69 Å². The first-order valence-corrected chi connectivity index (χ1v) is 15.1. The number of nitrogens with zero attached hydrogens (tertiary/aromatic N) is 5. The summed E-state index contributed by atoms with van der Waals surface area (Å²) in [5.41, 5.74) is 4.55. The van der Waals surface area contributed by atoms with Gasteiger partial charge in [-0.1, -0.05) is 49.9 Å². The highest BCUT2D eigenvalue weighted by molar-refractivity contribution is 7.97. The Kier molecular flexibility index (Phi) is 7.38. The summed E-state index contributed by atoms with van der Waals surface area (Å²) in [4.78, 5) is 23.3. The molecule has 1 aliphatic carbocycles. The molecular formula is C29H38N6OS. The molecule has 3 aliphatic rings. The Hall–Kier alpha value is -2.58. The molecule has 3 aromatic rings. The summed E-state index contributed by atoms with van der Waals surface area (Å²) < 4.78 is 4.93. The second-order valence-electron chi connectivity index (χ2n) is 10.7. The number of pyridine rings is 1. The molecule has 37 heavy (non-hydrogen) atoms. The first-order chi connectivity index (χ1) is 18.2. The van der Waals surface area contributed by atoms with Gasteiger partial charge in [-0.3, -0.25) is 9.52 Å². The van der Waals surface area contributed by atoms with E-state index in [1.165, 1.54) is 76.4 Å². The van der Waals surface area contributed by atoms with Crippen LogP contribution in [0.15, 0.2) is 36.4 Å². The number of hydrogen-bond acceptors (Lipinski definition) is 6. The first-order valence-electron chi connectivity index (χ1n) is 14.1. The van der Waals surface area contributed by atoms with Crippen LogP contribution in [-0.4, -0.2) is 63.5 Å². The average Bonchev–Trinajstić information content (AvgIpc) is 3.30. The summed E-state index contributed by atoms with van der Waals surface area (Å²) in [5.74, 6) is 1.15. The smallest absolute Gasteiger partial charge is 0.279 e. The van der Waals surface area contributed by atoms with E-state index in [1.807, 2.05) is 35.9 Å². The number of benzene rings is 1. The topological polar surface area (TPSA) is 66.3 Å². The molecule has 8 heteroatoms. The fourth-order valence-electron chi connectivity index (χ4n) is 6.15. The predicted molar refractivity (Wildman–Crippen MR) is 152 cm³/mol. The van der Waals surface area contributed by atoms with E-state index < -0.39 is 0 Å². The number of aromatic nitrogens is 3. The molecule has 6 rings (SSSR count). The molecule has 0 atom stereocenters.